The highest BCUT2D eigenvalue weighted by Gasteiger charge is 2.15. The summed E-state index contributed by atoms with van der Waals surface area (Å²) in [4.78, 5) is 12.6. The second kappa shape index (κ2) is 9.84. The lowest BCUT2D eigenvalue weighted by Gasteiger charge is -2.14. The molecule has 0 atom stereocenters. The van der Waals surface area contributed by atoms with E-state index in [-0.39, 0.29) is 5.91 Å². The van der Waals surface area contributed by atoms with Gasteiger partial charge in [0.25, 0.3) is 5.91 Å². The van der Waals surface area contributed by atoms with Crippen molar-refractivity contribution in [2.24, 2.45) is 0 Å². The molecule has 0 saturated carbocycles. The Balaban J connectivity index is 2.09. The lowest BCUT2D eigenvalue weighted by molar-refractivity contribution is 0.102. The number of rotatable bonds is 8. The largest absolute Gasteiger partial charge is 0.490 e. The Labute approximate surface area is 165 Å². The predicted octanol–water partition coefficient (Wildman–Crippen LogP) is 6.82. The Morgan fingerprint density at radius 1 is 1.04 bits per heavy atom. The van der Waals surface area contributed by atoms with Gasteiger partial charge >= 0.3 is 0 Å². The highest BCUT2D eigenvalue weighted by molar-refractivity contribution is 6.37. The number of nitrogens with one attached hydrogen (secondary N) is 1. The molecule has 0 radical (unpaired) electrons. The topological polar surface area (TPSA) is 38.3 Å². The number of hydrogen-bond donors (Lipinski definition) is 1. The van der Waals surface area contributed by atoms with Gasteiger partial charge in [0.2, 0.25) is 0 Å². The molecule has 1 N–H and O–H groups in total. The lowest BCUT2D eigenvalue weighted by atomic mass is 10.1. The maximum atomic E-state index is 12.6. The summed E-state index contributed by atoms with van der Waals surface area (Å²) < 4.78 is 5.71. The fourth-order valence-electron chi connectivity index (χ4n) is 2.73. The van der Waals surface area contributed by atoms with Crippen LogP contribution >= 0.6 is 23.2 Å². The van der Waals surface area contributed by atoms with Crippen molar-refractivity contribution in [1.82, 2.24) is 0 Å². The van der Waals surface area contributed by atoms with Crippen molar-refractivity contribution in [3.8, 4) is 5.75 Å². The Hall–Kier alpha value is -1.71. The van der Waals surface area contributed by atoms with Gasteiger partial charge in [0.05, 0.1) is 16.7 Å². The first-order valence-electron chi connectivity index (χ1n) is 8.93. The van der Waals surface area contributed by atoms with Crippen LogP contribution in [-0.4, -0.2) is 12.5 Å². The van der Waals surface area contributed by atoms with Crippen LogP contribution in [0.4, 0.5) is 5.69 Å². The van der Waals surface area contributed by atoms with Gasteiger partial charge < -0.3 is 10.1 Å². The second-order valence-electron chi connectivity index (χ2n) is 6.40. The molecule has 140 valence electrons. The predicted molar refractivity (Wildman–Crippen MR) is 110 cm³/mol. The van der Waals surface area contributed by atoms with Crippen LogP contribution in [0.5, 0.6) is 5.75 Å². The average Bonchev–Trinajstić information content (AvgIpc) is 2.59. The Bertz CT molecular complexity index is 731. The van der Waals surface area contributed by atoms with Crippen molar-refractivity contribution < 1.29 is 9.53 Å². The van der Waals surface area contributed by atoms with Crippen molar-refractivity contribution in [3.05, 3.63) is 57.1 Å². The molecule has 0 unspecified atom stereocenters. The molecule has 0 aliphatic carbocycles. The average molecular weight is 394 g/mol. The summed E-state index contributed by atoms with van der Waals surface area (Å²) in [6.45, 7) is 6.64. The molecule has 2 aromatic carbocycles. The minimum atomic E-state index is -0.249. The normalized spacial score (nSPS) is 10.7. The van der Waals surface area contributed by atoms with Crippen molar-refractivity contribution in [2.75, 3.05) is 11.9 Å². The number of anilines is 1. The first-order valence-corrected chi connectivity index (χ1v) is 9.69. The number of carbonyl (C=O) groups excluding carboxylic acids is 1. The molecular weight excluding hydrogens is 369 g/mol. The third-order valence-corrected chi connectivity index (χ3v) is 4.79. The van der Waals surface area contributed by atoms with Crippen LogP contribution in [0.3, 0.4) is 0 Å². The van der Waals surface area contributed by atoms with E-state index < -0.39 is 0 Å². The third kappa shape index (κ3) is 5.39. The van der Waals surface area contributed by atoms with Crippen LogP contribution in [-0.2, 0) is 0 Å². The van der Waals surface area contributed by atoms with Crippen molar-refractivity contribution in [2.45, 2.75) is 46.5 Å². The number of benzene rings is 2. The van der Waals surface area contributed by atoms with Gasteiger partial charge in [-0.15, -0.1) is 0 Å². The molecule has 0 saturated heterocycles. The standard InChI is InChI=1S/C21H25Cl2NO2/c1-4-5-6-7-11-26-20-17(22)12-16(13-18(20)23)21(25)24-19-14(2)9-8-10-15(19)3/h8-10,12-13H,4-7,11H2,1-3H3,(H,24,25). The zero-order valence-electron chi connectivity index (χ0n) is 15.5. The van der Waals surface area contributed by atoms with Gasteiger partial charge in [-0.3, -0.25) is 4.79 Å². The first kappa shape index (κ1) is 20.6. The van der Waals surface area contributed by atoms with Crippen LogP contribution in [0.25, 0.3) is 0 Å². The molecule has 3 nitrogen and oxygen atoms in total. The summed E-state index contributed by atoms with van der Waals surface area (Å²) in [7, 11) is 0. The molecule has 0 aliphatic rings. The maximum Gasteiger partial charge on any atom is 0.255 e. The summed E-state index contributed by atoms with van der Waals surface area (Å²) in [5.41, 5.74) is 3.21. The molecule has 5 heteroatoms. The molecule has 1 amide bonds. The number of aryl methyl sites for hydroxylation is 2. The number of halogens is 2. The fourth-order valence-corrected chi connectivity index (χ4v) is 3.33. The van der Waals surface area contributed by atoms with Crippen LogP contribution in [0, 0.1) is 13.8 Å². The number of ether oxygens (including phenoxy) is 1. The molecule has 0 heterocycles. The zero-order valence-corrected chi connectivity index (χ0v) is 17.0. The van der Waals surface area contributed by atoms with Crippen molar-refractivity contribution in [3.63, 3.8) is 0 Å². The number of unbranched alkanes of at least 4 members (excludes halogenated alkanes) is 3. The van der Waals surface area contributed by atoms with E-state index in [1.807, 2.05) is 32.0 Å². The van der Waals surface area contributed by atoms with E-state index in [2.05, 4.69) is 12.2 Å². The van der Waals surface area contributed by atoms with E-state index >= 15 is 0 Å². The van der Waals surface area contributed by atoms with Crippen LogP contribution in [0.2, 0.25) is 10.0 Å². The fraction of sp³-hybridized carbons (Fsp3) is 0.381. The van der Waals surface area contributed by atoms with Crippen LogP contribution in [0.1, 0.15) is 54.1 Å². The number of carbonyl (C=O) groups is 1. The molecule has 2 aromatic rings. The smallest absolute Gasteiger partial charge is 0.255 e. The third-order valence-electron chi connectivity index (χ3n) is 4.22. The number of amides is 1. The van der Waals surface area contributed by atoms with E-state index in [0.29, 0.717) is 28.0 Å². The molecule has 26 heavy (non-hydrogen) atoms. The van der Waals surface area contributed by atoms with E-state index in [1.165, 1.54) is 12.8 Å². The van der Waals surface area contributed by atoms with Crippen molar-refractivity contribution >= 4 is 34.8 Å². The van der Waals surface area contributed by atoms with Gasteiger partial charge in [-0.2, -0.15) is 0 Å². The number of hydrogen-bond acceptors (Lipinski definition) is 2. The molecule has 2 rings (SSSR count). The summed E-state index contributed by atoms with van der Waals surface area (Å²) in [6.07, 6.45) is 4.42. The van der Waals surface area contributed by atoms with Crippen LogP contribution < -0.4 is 10.1 Å². The quantitative estimate of drug-likeness (QED) is 0.499. The Kier molecular flexibility index (Phi) is 7.80. The van der Waals surface area contributed by atoms with Crippen molar-refractivity contribution in [1.29, 1.82) is 0 Å². The van der Waals surface area contributed by atoms with Gasteiger partial charge in [0.1, 0.15) is 0 Å². The molecule has 0 spiro atoms. The van der Waals surface area contributed by atoms with E-state index in [4.69, 9.17) is 27.9 Å². The summed E-state index contributed by atoms with van der Waals surface area (Å²) >= 11 is 12.6. The van der Waals surface area contributed by atoms with Gasteiger partial charge in [-0.05, 0) is 43.5 Å². The molecule has 0 aromatic heterocycles. The monoisotopic (exact) mass is 393 g/mol. The van der Waals surface area contributed by atoms with Gasteiger partial charge in [-0.25, -0.2) is 0 Å². The highest BCUT2D eigenvalue weighted by atomic mass is 35.5. The minimum Gasteiger partial charge on any atom is -0.490 e. The maximum absolute atomic E-state index is 12.6. The molecule has 0 bridgehead atoms. The molecular formula is C21H25Cl2NO2. The van der Waals surface area contributed by atoms with E-state index in [1.54, 1.807) is 12.1 Å². The molecule has 0 aliphatic heterocycles. The Morgan fingerprint density at radius 2 is 1.65 bits per heavy atom. The lowest BCUT2D eigenvalue weighted by Crippen LogP contribution is -2.14. The minimum absolute atomic E-state index is 0.249. The van der Waals surface area contributed by atoms with E-state index in [9.17, 15) is 4.79 Å². The SMILES string of the molecule is CCCCCCOc1c(Cl)cc(C(=O)Nc2c(C)cccc2C)cc1Cl. The second-order valence-corrected chi connectivity index (χ2v) is 7.21. The summed E-state index contributed by atoms with van der Waals surface area (Å²) in [6, 6.07) is 9.06. The van der Waals surface area contributed by atoms with Gasteiger partial charge in [0.15, 0.2) is 5.75 Å². The van der Waals surface area contributed by atoms with Gasteiger partial charge in [0, 0.05) is 11.3 Å². The summed E-state index contributed by atoms with van der Waals surface area (Å²) in [5, 5.41) is 3.63. The van der Waals surface area contributed by atoms with E-state index in [0.717, 1.165) is 29.7 Å². The first-order chi connectivity index (χ1) is 12.4. The van der Waals surface area contributed by atoms with Gasteiger partial charge in [-0.1, -0.05) is 67.6 Å². The summed E-state index contributed by atoms with van der Waals surface area (Å²) in [5.74, 6) is 0.189. The molecule has 0 fully saturated rings. The Morgan fingerprint density at radius 3 is 2.23 bits per heavy atom. The highest BCUT2D eigenvalue weighted by Crippen LogP contribution is 2.35. The zero-order chi connectivity index (χ0) is 19.1. The number of para-hydroxylation sites is 1. The van der Waals surface area contributed by atoms with Crippen LogP contribution in [0.15, 0.2) is 30.3 Å².